The van der Waals surface area contributed by atoms with Crippen LogP contribution >= 0.6 is 11.6 Å². The molecule has 1 aromatic rings. The zero-order valence-electron chi connectivity index (χ0n) is 12.4. The fourth-order valence-corrected chi connectivity index (χ4v) is 3.19. The average Bonchev–Trinajstić information content (AvgIpc) is 2.76. The molecule has 0 amide bonds. The lowest BCUT2D eigenvalue weighted by Gasteiger charge is -2.21. The molecule has 4 nitrogen and oxygen atoms in total. The van der Waals surface area contributed by atoms with Crippen molar-refractivity contribution in [3.8, 4) is 0 Å². The first-order valence-corrected chi connectivity index (χ1v) is 7.99. The highest BCUT2D eigenvalue weighted by atomic mass is 35.5. The van der Waals surface area contributed by atoms with Crippen LogP contribution in [0.25, 0.3) is 0 Å². The standard InChI is InChI=1S/C15H24ClN3O/c1-3-13-15(16)14(19(4-2)18-13)10-12(20)9-11-5-7-17-8-6-11/h11,17H,3-10H2,1-2H3. The zero-order valence-corrected chi connectivity index (χ0v) is 13.2. The number of Topliss-reactive ketones (excluding diaryl/α,β-unsaturated/α-hetero) is 1. The molecule has 1 saturated heterocycles. The van der Waals surface area contributed by atoms with E-state index in [2.05, 4.69) is 10.4 Å². The van der Waals surface area contributed by atoms with Crippen molar-refractivity contribution in [2.45, 2.75) is 52.5 Å². The first-order chi connectivity index (χ1) is 9.65. The number of aryl methyl sites for hydroxylation is 2. The van der Waals surface area contributed by atoms with Crippen LogP contribution < -0.4 is 5.32 Å². The third-order valence-corrected chi connectivity index (χ3v) is 4.47. The minimum atomic E-state index is 0.288. The monoisotopic (exact) mass is 297 g/mol. The Balaban J connectivity index is 2.01. The van der Waals surface area contributed by atoms with Crippen LogP contribution in [-0.4, -0.2) is 28.7 Å². The SMILES string of the molecule is CCc1nn(CC)c(CC(=O)CC2CCNCC2)c1Cl. The highest BCUT2D eigenvalue weighted by Gasteiger charge is 2.21. The summed E-state index contributed by atoms with van der Waals surface area (Å²) in [5.74, 6) is 0.822. The van der Waals surface area contributed by atoms with Gasteiger partial charge in [0.1, 0.15) is 5.78 Å². The Hall–Kier alpha value is -0.870. The van der Waals surface area contributed by atoms with Crippen LogP contribution in [0.1, 0.15) is 44.5 Å². The number of aromatic nitrogens is 2. The van der Waals surface area contributed by atoms with Gasteiger partial charge < -0.3 is 5.32 Å². The van der Waals surface area contributed by atoms with E-state index >= 15 is 0 Å². The van der Waals surface area contributed by atoms with Gasteiger partial charge in [-0.25, -0.2) is 0 Å². The van der Waals surface area contributed by atoms with E-state index in [-0.39, 0.29) is 5.78 Å². The molecular weight excluding hydrogens is 274 g/mol. The van der Waals surface area contributed by atoms with Crippen molar-refractivity contribution in [1.29, 1.82) is 0 Å². The summed E-state index contributed by atoms with van der Waals surface area (Å²) in [5, 5.41) is 8.49. The predicted molar refractivity (Wildman–Crippen MR) is 81.2 cm³/mol. The van der Waals surface area contributed by atoms with Crippen molar-refractivity contribution < 1.29 is 4.79 Å². The number of halogens is 1. The molecule has 0 atom stereocenters. The van der Waals surface area contributed by atoms with Gasteiger partial charge in [-0.05, 0) is 45.2 Å². The molecule has 1 N–H and O–H groups in total. The highest BCUT2D eigenvalue weighted by Crippen LogP contribution is 2.24. The summed E-state index contributed by atoms with van der Waals surface area (Å²) in [6, 6.07) is 0. The van der Waals surface area contributed by atoms with E-state index < -0.39 is 0 Å². The van der Waals surface area contributed by atoms with Gasteiger partial charge in [0, 0.05) is 19.4 Å². The van der Waals surface area contributed by atoms with Crippen LogP contribution in [-0.2, 0) is 24.2 Å². The molecule has 1 aliphatic rings. The van der Waals surface area contributed by atoms with E-state index in [1.165, 1.54) is 0 Å². The predicted octanol–water partition coefficient (Wildman–Crippen LogP) is 2.62. The number of carbonyl (C=O) groups excluding carboxylic acids is 1. The van der Waals surface area contributed by atoms with Crippen molar-refractivity contribution in [2.75, 3.05) is 13.1 Å². The number of hydrogen-bond donors (Lipinski definition) is 1. The third kappa shape index (κ3) is 3.61. The van der Waals surface area contributed by atoms with Crippen molar-refractivity contribution in [3.05, 3.63) is 16.4 Å². The van der Waals surface area contributed by atoms with Crippen LogP contribution in [0, 0.1) is 5.92 Å². The first kappa shape index (κ1) is 15.5. The molecule has 20 heavy (non-hydrogen) atoms. The number of rotatable bonds is 6. The molecule has 0 bridgehead atoms. The summed E-state index contributed by atoms with van der Waals surface area (Å²) in [4.78, 5) is 12.3. The van der Waals surface area contributed by atoms with Gasteiger partial charge in [-0.2, -0.15) is 5.10 Å². The minimum Gasteiger partial charge on any atom is -0.317 e. The molecule has 2 heterocycles. The molecule has 0 aliphatic carbocycles. The lowest BCUT2D eigenvalue weighted by atomic mass is 9.91. The molecule has 0 unspecified atom stereocenters. The van der Waals surface area contributed by atoms with Gasteiger partial charge in [-0.3, -0.25) is 9.48 Å². The van der Waals surface area contributed by atoms with E-state index in [1.54, 1.807) is 0 Å². The van der Waals surface area contributed by atoms with Crippen LogP contribution in [0.15, 0.2) is 0 Å². The number of nitrogens with zero attached hydrogens (tertiary/aromatic N) is 2. The second-order valence-electron chi connectivity index (χ2n) is 5.49. The number of carbonyl (C=O) groups is 1. The second kappa shape index (κ2) is 7.23. The molecule has 0 spiro atoms. The van der Waals surface area contributed by atoms with E-state index in [0.717, 1.165) is 50.3 Å². The number of ketones is 1. The summed E-state index contributed by atoms with van der Waals surface area (Å²) in [5.41, 5.74) is 1.79. The summed E-state index contributed by atoms with van der Waals surface area (Å²) in [6.45, 7) is 6.89. The van der Waals surface area contributed by atoms with Crippen molar-refractivity contribution in [3.63, 3.8) is 0 Å². The Bertz CT molecular complexity index is 464. The van der Waals surface area contributed by atoms with Crippen LogP contribution in [0.2, 0.25) is 5.02 Å². The molecule has 0 radical (unpaired) electrons. The maximum atomic E-state index is 12.3. The second-order valence-corrected chi connectivity index (χ2v) is 5.87. The molecule has 112 valence electrons. The van der Waals surface area contributed by atoms with E-state index in [0.29, 0.717) is 23.8 Å². The maximum Gasteiger partial charge on any atom is 0.139 e. The van der Waals surface area contributed by atoms with Crippen molar-refractivity contribution in [1.82, 2.24) is 15.1 Å². The number of piperidine rings is 1. The number of hydrogen-bond acceptors (Lipinski definition) is 3. The molecule has 1 aliphatic heterocycles. The van der Waals surface area contributed by atoms with Gasteiger partial charge in [0.15, 0.2) is 0 Å². The normalized spacial score (nSPS) is 16.6. The Morgan fingerprint density at radius 3 is 2.70 bits per heavy atom. The van der Waals surface area contributed by atoms with E-state index in [4.69, 9.17) is 11.6 Å². The molecular formula is C15H24ClN3O. The highest BCUT2D eigenvalue weighted by molar-refractivity contribution is 6.32. The Morgan fingerprint density at radius 1 is 1.40 bits per heavy atom. The summed E-state index contributed by atoms with van der Waals surface area (Å²) in [7, 11) is 0. The zero-order chi connectivity index (χ0) is 14.5. The largest absolute Gasteiger partial charge is 0.317 e. The topological polar surface area (TPSA) is 46.9 Å². The smallest absolute Gasteiger partial charge is 0.139 e. The summed E-state index contributed by atoms with van der Waals surface area (Å²) >= 11 is 6.35. The third-order valence-electron chi connectivity index (χ3n) is 4.03. The fraction of sp³-hybridized carbons (Fsp3) is 0.733. The fourth-order valence-electron chi connectivity index (χ4n) is 2.85. The summed E-state index contributed by atoms with van der Waals surface area (Å²) in [6.07, 6.45) is 4.11. The molecule has 1 fully saturated rings. The lowest BCUT2D eigenvalue weighted by molar-refractivity contribution is -0.119. The van der Waals surface area contributed by atoms with Crippen LogP contribution in [0.3, 0.4) is 0 Å². The van der Waals surface area contributed by atoms with Crippen molar-refractivity contribution in [2.24, 2.45) is 5.92 Å². The van der Waals surface area contributed by atoms with Gasteiger partial charge in [0.2, 0.25) is 0 Å². The maximum absolute atomic E-state index is 12.3. The lowest BCUT2D eigenvalue weighted by Crippen LogP contribution is -2.29. The van der Waals surface area contributed by atoms with Gasteiger partial charge in [-0.15, -0.1) is 0 Å². The average molecular weight is 298 g/mol. The molecule has 1 aromatic heterocycles. The molecule has 5 heteroatoms. The summed E-state index contributed by atoms with van der Waals surface area (Å²) < 4.78 is 1.88. The van der Waals surface area contributed by atoms with Gasteiger partial charge in [0.25, 0.3) is 0 Å². The Morgan fingerprint density at radius 2 is 2.10 bits per heavy atom. The number of nitrogens with one attached hydrogen (secondary N) is 1. The molecule has 2 rings (SSSR count). The van der Waals surface area contributed by atoms with Gasteiger partial charge >= 0.3 is 0 Å². The van der Waals surface area contributed by atoms with E-state index in [1.807, 2.05) is 18.5 Å². The van der Waals surface area contributed by atoms with E-state index in [9.17, 15) is 4.79 Å². The Labute approximate surface area is 125 Å². The Kier molecular flexibility index (Phi) is 5.61. The minimum absolute atomic E-state index is 0.288. The van der Waals surface area contributed by atoms with Crippen molar-refractivity contribution >= 4 is 17.4 Å². The first-order valence-electron chi connectivity index (χ1n) is 7.62. The van der Waals surface area contributed by atoms with Gasteiger partial charge in [-0.1, -0.05) is 18.5 Å². The molecule has 0 aromatic carbocycles. The quantitative estimate of drug-likeness (QED) is 0.878. The molecule has 0 saturated carbocycles. The van der Waals surface area contributed by atoms with Crippen LogP contribution in [0.5, 0.6) is 0 Å². The van der Waals surface area contributed by atoms with Gasteiger partial charge in [0.05, 0.1) is 16.4 Å². The van der Waals surface area contributed by atoms with Crippen LogP contribution in [0.4, 0.5) is 0 Å².